The molecule has 3 fully saturated rings. The first-order valence-corrected chi connectivity index (χ1v) is 12.3. The fourth-order valence-electron chi connectivity index (χ4n) is 4.33. The lowest BCUT2D eigenvalue weighted by molar-refractivity contribution is -0.126. The van der Waals surface area contributed by atoms with Crippen molar-refractivity contribution in [3.05, 3.63) is 24.3 Å². The molecular weight excluding hydrogens is 406 g/mol. The Hall–Kier alpha value is -1.68. The van der Waals surface area contributed by atoms with Crippen molar-refractivity contribution in [2.45, 2.75) is 36.7 Å². The number of rotatable bonds is 6. The Morgan fingerprint density at radius 1 is 1.00 bits per heavy atom. The quantitative estimate of drug-likeness (QED) is 0.720. The first kappa shape index (κ1) is 21.5. The van der Waals surface area contributed by atoms with E-state index in [1.54, 1.807) is 12.1 Å². The smallest absolute Gasteiger partial charge is 0.243 e. The molecule has 1 unspecified atom stereocenters. The van der Waals surface area contributed by atoms with Crippen LogP contribution in [0.2, 0.25) is 0 Å². The molecule has 3 aliphatic heterocycles. The molecule has 1 aromatic rings. The highest BCUT2D eigenvalue weighted by Crippen LogP contribution is 2.26. The van der Waals surface area contributed by atoms with Crippen LogP contribution in [0.4, 0.5) is 5.69 Å². The average molecular weight is 438 g/mol. The minimum Gasteiger partial charge on any atom is -0.379 e. The summed E-state index contributed by atoms with van der Waals surface area (Å²) in [5, 5.41) is 3.04. The minimum atomic E-state index is -3.47. The Kier molecular flexibility index (Phi) is 6.92. The Labute approximate surface area is 178 Å². The maximum Gasteiger partial charge on any atom is 0.243 e. The number of carbonyl (C=O) groups is 1. The summed E-state index contributed by atoms with van der Waals surface area (Å²) in [6, 6.07) is 7.09. The van der Waals surface area contributed by atoms with Crippen LogP contribution in [0.5, 0.6) is 0 Å². The van der Waals surface area contributed by atoms with Crippen LogP contribution < -0.4 is 10.2 Å². The summed E-state index contributed by atoms with van der Waals surface area (Å²) >= 11 is 0. The molecule has 9 heteroatoms. The number of nitrogens with one attached hydrogen (secondary N) is 1. The molecule has 0 saturated carbocycles. The molecule has 8 nitrogen and oxygen atoms in total. The van der Waals surface area contributed by atoms with E-state index in [-0.39, 0.29) is 17.9 Å². The zero-order chi connectivity index (χ0) is 21.0. The zero-order valence-electron chi connectivity index (χ0n) is 17.3. The molecule has 0 aromatic heterocycles. The lowest BCUT2D eigenvalue weighted by Gasteiger charge is -2.33. The van der Waals surface area contributed by atoms with Crippen LogP contribution in [0.3, 0.4) is 0 Å². The van der Waals surface area contributed by atoms with Gasteiger partial charge in [-0.05, 0) is 49.9 Å². The second-order valence-electron chi connectivity index (χ2n) is 8.15. The average Bonchev–Trinajstić information content (AvgIpc) is 3.32. The van der Waals surface area contributed by atoms with Crippen molar-refractivity contribution in [2.24, 2.45) is 5.92 Å². The number of morpholine rings is 1. The van der Waals surface area contributed by atoms with E-state index in [0.717, 1.165) is 51.1 Å². The Balaban J connectivity index is 1.28. The van der Waals surface area contributed by atoms with Crippen molar-refractivity contribution in [1.82, 2.24) is 9.62 Å². The third kappa shape index (κ3) is 4.96. The summed E-state index contributed by atoms with van der Waals surface area (Å²) in [5.74, 6) is 0.153. The molecule has 166 valence electrons. The van der Waals surface area contributed by atoms with Crippen molar-refractivity contribution in [3.8, 4) is 0 Å². The van der Waals surface area contributed by atoms with Crippen LogP contribution in [-0.2, 0) is 24.3 Å². The monoisotopic (exact) mass is 437 g/mol. The van der Waals surface area contributed by atoms with Gasteiger partial charge in [0.1, 0.15) is 0 Å². The lowest BCUT2D eigenvalue weighted by Crippen LogP contribution is -2.42. The number of piperidine rings is 1. The van der Waals surface area contributed by atoms with Gasteiger partial charge < -0.3 is 19.7 Å². The van der Waals surface area contributed by atoms with Gasteiger partial charge in [0.15, 0.2) is 0 Å². The molecule has 1 amide bonds. The van der Waals surface area contributed by atoms with Crippen LogP contribution in [0.15, 0.2) is 29.2 Å². The van der Waals surface area contributed by atoms with Gasteiger partial charge in [0, 0.05) is 50.9 Å². The van der Waals surface area contributed by atoms with Gasteiger partial charge in [0.25, 0.3) is 0 Å². The van der Waals surface area contributed by atoms with E-state index in [1.165, 1.54) is 4.31 Å². The van der Waals surface area contributed by atoms with Crippen LogP contribution in [0, 0.1) is 5.92 Å². The molecule has 0 radical (unpaired) electrons. The number of hydrogen-bond acceptors (Lipinski definition) is 6. The van der Waals surface area contributed by atoms with Gasteiger partial charge in [-0.2, -0.15) is 4.31 Å². The highest BCUT2D eigenvalue weighted by atomic mass is 32.2. The zero-order valence-corrected chi connectivity index (χ0v) is 18.1. The summed E-state index contributed by atoms with van der Waals surface area (Å²) in [6.07, 6.45) is 3.86. The lowest BCUT2D eigenvalue weighted by atomic mass is 9.95. The predicted octanol–water partition coefficient (Wildman–Crippen LogP) is 1.22. The van der Waals surface area contributed by atoms with E-state index >= 15 is 0 Å². The molecule has 4 rings (SSSR count). The molecule has 3 saturated heterocycles. The van der Waals surface area contributed by atoms with Gasteiger partial charge in [-0.25, -0.2) is 8.42 Å². The summed E-state index contributed by atoms with van der Waals surface area (Å²) < 4.78 is 37.8. The van der Waals surface area contributed by atoms with Gasteiger partial charge in [0.05, 0.1) is 24.2 Å². The van der Waals surface area contributed by atoms with Crippen LogP contribution in [0.25, 0.3) is 0 Å². The normalized spacial score (nSPS) is 24.1. The van der Waals surface area contributed by atoms with Crippen molar-refractivity contribution in [3.63, 3.8) is 0 Å². The summed E-state index contributed by atoms with van der Waals surface area (Å²) in [7, 11) is -3.47. The standard InChI is InChI=1S/C21H31N3O5S/c25-21(22-16-19-2-1-13-29-19)17-7-9-23(10-8-17)18-3-5-20(6-4-18)30(26,27)24-11-14-28-15-12-24/h3-6,17,19H,1-2,7-16H2,(H,22,25). The van der Waals surface area contributed by atoms with Gasteiger partial charge in [-0.3, -0.25) is 4.79 Å². The summed E-state index contributed by atoms with van der Waals surface area (Å²) in [5.41, 5.74) is 0.995. The Morgan fingerprint density at radius 3 is 2.33 bits per heavy atom. The summed E-state index contributed by atoms with van der Waals surface area (Å²) in [6.45, 7) is 4.64. The van der Waals surface area contributed by atoms with Gasteiger partial charge in [-0.15, -0.1) is 0 Å². The number of hydrogen-bond donors (Lipinski definition) is 1. The maximum atomic E-state index is 12.8. The van der Waals surface area contributed by atoms with Crippen molar-refractivity contribution in [2.75, 3.05) is 57.4 Å². The topological polar surface area (TPSA) is 88.2 Å². The fourth-order valence-corrected chi connectivity index (χ4v) is 5.74. The number of sulfonamides is 1. The first-order valence-electron chi connectivity index (χ1n) is 10.9. The minimum absolute atomic E-state index is 0.0311. The molecule has 1 aromatic carbocycles. The van der Waals surface area contributed by atoms with Crippen LogP contribution in [0.1, 0.15) is 25.7 Å². The molecule has 0 aliphatic carbocycles. The van der Waals surface area contributed by atoms with Gasteiger partial charge in [-0.1, -0.05) is 0 Å². The van der Waals surface area contributed by atoms with E-state index in [0.29, 0.717) is 37.7 Å². The Bertz CT molecular complexity index is 810. The van der Waals surface area contributed by atoms with E-state index < -0.39 is 10.0 Å². The van der Waals surface area contributed by atoms with E-state index in [1.807, 2.05) is 12.1 Å². The third-order valence-electron chi connectivity index (χ3n) is 6.20. The Morgan fingerprint density at radius 2 is 1.70 bits per heavy atom. The second-order valence-corrected chi connectivity index (χ2v) is 10.1. The number of amides is 1. The molecule has 1 N–H and O–H groups in total. The largest absolute Gasteiger partial charge is 0.379 e. The molecule has 30 heavy (non-hydrogen) atoms. The number of benzene rings is 1. The molecule has 3 heterocycles. The van der Waals surface area contributed by atoms with Gasteiger partial charge >= 0.3 is 0 Å². The third-order valence-corrected chi connectivity index (χ3v) is 8.12. The highest BCUT2D eigenvalue weighted by molar-refractivity contribution is 7.89. The fraction of sp³-hybridized carbons (Fsp3) is 0.667. The molecule has 3 aliphatic rings. The van der Waals surface area contributed by atoms with Crippen molar-refractivity contribution in [1.29, 1.82) is 0 Å². The maximum absolute atomic E-state index is 12.8. The number of anilines is 1. The predicted molar refractivity (Wildman–Crippen MR) is 113 cm³/mol. The molecule has 0 bridgehead atoms. The van der Waals surface area contributed by atoms with Crippen LogP contribution >= 0.6 is 0 Å². The number of ether oxygens (including phenoxy) is 2. The number of carbonyl (C=O) groups excluding carboxylic acids is 1. The molecule has 1 atom stereocenters. The van der Waals surface area contributed by atoms with Crippen molar-refractivity contribution < 1.29 is 22.7 Å². The number of nitrogens with zero attached hydrogens (tertiary/aromatic N) is 2. The van der Waals surface area contributed by atoms with Crippen LogP contribution in [-0.4, -0.2) is 77.3 Å². The van der Waals surface area contributed by atoms with E-state index in [4.69, 9.17) is 9.47 Å². The highest BCUT2D eigenvalue weighted by Gasteiger charge is 2.28. The van der Waals surface area contributed by atoms with Gasteiger partial charge in [0.2, 0.25) is 15.9 Å². The first-order chi connectivity index (χ1) is 14.5. The second kappa shape index (κ2) is 9.64. The molecular formula is C21H31N3O5S. The molecule has 0 spiro atoms. The SMILES string of the molecule is O=C(NCC1CCCO1)C1CCN(c2ccc(S(=O)(=O)N3CCOCC3)cc2)CC1. The van der Waals surface area contributed by atoms with E-state index in [2.05, 4.69) is 10.2 Å². The van der Waals surface area contributed by atoms with E-state index in [9.17, 15) is 13.2 Å². The van der Waals surface area contributed by atoms with Crippen molar-refractivity contribution >= 4 is 21.6 Å². The summed E-state index contributed by atoms with van der Waals surface area (Å²) in [4.78, 5) is 15.0.